The third-order valence-electron chi connectivity index (χ3n) is 3.13. The van der Waals surface area contributed by atoms with Gasteiger partial charge in [-0.2, -0.15) is 0 Å². The summed E-state index contributed by atoms with van der Waals surface area (Å²) in [6.45, 7) is 3.69. The minimum absolute atomic E-state index is 0.130. The number of carbonyl (C=O) groups is 1. The molecule has 1 amide bonds. The van der Waals surface area contributed by atoms with Gasteiger partial charge in [0.05, 0.1) is 13.2 Å². The number of likely N-dealkylation sites (tertiary alicyclic amines) is 1. The van der Waals surface area contributed by atoms with Crippen molar-refractivity contribution >= 4 is 5.91 Å². The van der Waals surface area contributed by atoms with Gasteiger partial charge in [0, 0.05) is 25.7 Å². The van der Waals surface area contributed by atoms with E-state index in [-0.39, 0.29) is 11.9 Å². The number of hydrogen-bond acceptors (Lipinski definition) is 4. The van der Waals surface area contributed by atoms with E-state index in [4.69, 9.17) is 4.74 Å². The molecule has 2 unspecified atom stereocenters. The number of likely N-dealkylation sites (N-methyl/N-ethyl adjacent to an activating group) is 1. The highest BCUT2D eigenvalue weighted by molar-refractivity contribution is 5.82. The molecule has 2 heterocycles. The van der Waals surface area contributed by atoms with Crippen molar-refractivity contribution in [1.82, 2.24) is 15.5 Å². The molecule has 2 rings (SSSR count). The van der Waals surface area contributed by atoms with Crippen molar-refractivity contribution in [1.29, 1.82) is 0 Å². The zero-order chi connectivity index (χ0) is 10.7. The Hall–Kier alpha value is -0.650. The summed E-state index contributed by atoms with van der Waals surface area (Å²) in [5, 5.41) is 6.40. The molecule has 2 saturated heterocycles. The van der Waals surface area contributed by atoms with Gasteiger partial charge < -0.3 is 20.3 Å². The molecule has 86 valence electrons. The smallest absolute Gasteiger partial charge is 0.242 e. The summed E-state index contributed by atoms with van der Waals surface area (Å²) in [5.41, 5.74) is 0. The lowest BCUT2D eigenvalue weighted by atomic mass is 10.2. The third-order valence-corrected chi connectivity index (χ3v) is 3.13. The minimum atomic E-state index is -0.130. The molecule has 0 radical (unpaired) electrons. The van der Waals surface area contributed by atoms with Crippen LogP contribution in [0.3, 0.4) is 0 Å². The summed E-state index contributed by atoms with van der Waals surface area (Å²) < 4.78 is 5.29. The first kappa shape index (κ1) is 10.9. The lowest BCUT2D eigenvalue weighted by Crippen LogP contribution is -2.52. The molecular formula is C10H19N3O2. The molecule has 2 atom stereocenters. The number of amides is 1. The predicted octanol–water partition coefficient (Wildman–Crippen LogP) is -1.20. The predicted molar refractivity (Wildman–Crippen MR) is 56.7 cm³/mol. The average Bonchev–Trinajstić information content (AvgIpc) is 2.78. The Morgan fingerprint density at radius 1 is 1.60 bits per heavy atom. The normalized spacial score (nSPS) is 31.9. The van der Waals surface area contributed by atoms with Crippen LogP contribution in [0.4, 0.5) is 0 Å². The maximum absolute atomic E-state index is 12.0. The number of morpholine rings is 1. The average molecular weight is 213 g/mol. The monoisotopic (exact) mass is 213 g/mol. The molecule has 15 heavy (non-hydrogen) atoms. The zero-order valence-corrected chi connectivity index (χ0v) is 9.16. The summed E-state index contributed by atoms with van der Waals surface area (Å²) in [7, 11) is 1.95. The highest BCUT2D eigenvalue weighted by atomic mass is 16.5. The standard InChI is InChI=1S/C10H19N3O2/c1-11-8-2-4-13(6-8)10(14)9-7-15-5-3-12-9/h8-9,11-12H,2-7H2,1H3. The summed E-state index contributed by atoms with van der Waals surface area (Å²) in [6.07, 6.45) is 1.05. The molecule has 2 N–H and O–H groups in total. The van der Waals surface area contributed by atoms with Gasteiger partial charge in [-0.1, -0.05) is 0 Å². The first-order valence-electron chi connectivity index (χ1n) is 5.58. The second-order valence-electron chi connectivity index (χ2n) is 4.14. The van der Waals surface area contributed by atoms with Crippen molar-refractivity contribution in [2.24, 2.45) is 0 Å². The number of ether oxygens (including phenoxy) is 1. The molecular weight excluding hydrogens is 194 g/mol. The van der Waals surface area contributed by atoms with E-state index in [0.29, 0.717) is 19.3 Å². The van der Waals surface area contributed by atoms with Crippen LogP contribution in [0.1, 0.15) is 6.42 Å². The van der Waals surface area contributed by atoms with Crippen molar-refractivity contribution in [2.75, 3.05) is 39.9 Å². The van der Waals surface area contributed by atoms with Gasteiger partial charge in [-0.05, 0) is 13.5 Å². The zero-order valence-electron chi connectivity index (χ0n) is 9.16. The molecule has 2 aliphatic rings. The van der Waals surface area contributed by atoms with E-state index >= 15 is 0 Å². The largest absolute Gasteiger partial charge is 0.378 e. The maximum Gasteiger partial charge on any atom is 0.242 e. The van der Waals surface area contributed by atoms with Crippen molar-refractivity contribution in [2.45, 2.75) is 18.5 Å². The fourth-order valence-corrected chi connectivity index (χ4v) is 2.14. The Balaban J connectivity index is 1.85. The number of rotatable bonds is 2. The summed E-state index contributed by atoms with van der Waals surface area (Å²) in [4.78, 5) is 13.9. The van der Waals surface area contributed by atoms with Crippen LogP contribution in [0.2, 0.25) is 0 Å². The quantitative estimate of drug-likeness (QED) is 0.605. The van der Waals surface area contributed by atoms with Crippen molar-refractivity contribution in [3.05, 3.63) is 0 Å². The molecule has 2 fully saturated rings. The van der Waals surface area contributed by atoms with Gasteiger partial charge in [0.1, 0.15) is 6.04 Å². The number of carbonyl (C=O) groups excluding carboxylic acids is 1. The van der Waals surface area contributed by atoms with Crippen molar-refractivity contribution in [3.63, 3.8) is 0 Å². The van der Waals surface area contributed by atoms with E-state index in [9.17, 15) is 4.79 Å². The molecule has 0 aromatic carbocycles. The van der Waals surface area contributed by atoms with E-state index in [2.05, 4.69) is 10.6 Å². The van der Waals surface area contributed by atoms with Crippen molar-refractivity contribution in [3.8, 4) is 0 Å². The van der Waals surface area contributed by atoms with Gasteiger partial charge in [0.15, 0.2) is 0 Å². The highest BCUT2D eigenvalue weighted by Crippen LogP contribution is 2.11. The van der Waals surface area contributed by atoms with Gasteiger partial charge in [0.2, 0.25) is 5.91 Å². The molecule has 0 bridgehead atoms. The van der Waals surface area contributed by atoms with Gasteiger partial charge >= 0.3 is 0 Å². The van der Waals surface area contributed by atoms with Crippen LogP contribution in [0.5, 0.6) is 0 Å². The lowest BCUT2D eigenvalue weighted by molar-refractivity contribution is -0.135. The molecule has 0 aromatic rings. The second-order valence-corrected chi connectivity index (χ2v) is 4.14. The summed E-state index contributed by atoms with van der Waals surface area (Å²) in [6, 6.07) is 0.327. The molecule has 0 spiro atoms. The van der Waals surface area contributed by atoms with Crippen LogP contribution < -0.4 is 10.6 Å². The second kappa shape index (κ2) is 4.92. The first-order chi connectivity index (χ1) is 7.31. The van der Waals surface area contributed by atoms with Gasteiger partial charge in [0.25, 0.3) is 0 Å². The summed E-state index contributed by atoms with van der Waals surface area (Å²) in [5.74, 6) is 0.187. The third kappa shape index (κ3) is 2.48. The van der Waals surface area contributed by atoms with E-state index in [1.165, 1.54) is 0 Å². The SMILES string of the molecule is CNC1CCN(C(=O)C2COCCN2)C1. The van der Waals surface area contributed by atoms with Crippen LogP contribution in [0, 0.1) is 0 Å². The molecule has 5 heteroatoms. The van der Waals surface area contributed by atoms with E-state index in [1.807, 2.05) is 11.9 Å². The fourth-order valence-electron chi connectivity index (χ4n) is 2.14. The molecule has 2 aliphatic heterocycles. The number of nitrogens with one attached hydrogen (secondary N) is 2. The van der Waals surface area contributed by atoms with Crippen LogP contribution in [0.25, 0.3) is 0 Å². The topological polar surface area (TPSA) is 53.6 Å². The van der Waals surface area contributed by atoms with Gasteiger partial charge in [-0.3, -0.25) is 4.79 Å². The van der Waals surface area contributed by atoms with Gasteiger partial charge in [-0.25, -0.2) is 0 Å². The van der Waals surface area contributed by atoms with Crippen LogP contribution in [-0.2, 0) is 9.53 Å². The fraction of sp³-hybridized carbons (Fsp3) is 0.900. The van der Waals surface area contributed by atoms with Crippen molar-refractivity contribution < 1.29 is 9.53 Å². The minimum Gasteiger partial charge on any atom is -0.378 e. The Morgan fingerprint density at radius 2 is 2.47 bits per heavy atom. The Morgan fingerprint density at radius 3 is 3.07 bits per heavy atom. The van der Waals surface area contributed by atoms with Gasteiger partial charge in [-0.15, -0.1) is 0 Å². The lowest BCUT2D eigenvalue weighted by Gasteiger charge is -2.27. The first-order valence-corrected chi connectivity index (χ1v) is 5.58. The Bertz CT molecular complexity index is 229. The van der Waals surface area contributed by atoms with Crippen LogP contribution >= 0.6 is 0 Å². The highest BCUT2D eigenvalue weighted by Gasteiger charge is 2.30. The van der Waals surface area contributed by atoms with Crippen LogP contribution in [0.15, 0.2) is 0 Å². The Labute approximate surface area is 90.1 Å². The molecule has 0 saturated carbocycles. The molecule has 0 aliphatic carbocycles. The van der Waals surface area contributed by atoms with E-state index in [1.54, 1.807) is 0 Å². The maximum atomic E-state index is 12.0. The Kier molecular flexibility index (Phi) is 3.56. The summed E-state index contributed by atoms with van der Waals surface area (Å²) >= 11 is 0. The van der Waals surface area contributed by atoms with E-state index < -0.39 is 0 Å². The van der Waals surface area contributed by atoms with E-state index in [0.717, 1.165) is 26.1 Å². The molecule has 0 aromatic heterocycles. The molecule has 5 nitrogen and oxygen atoms in total. The number of hydrogen-bond donors (Lipinski definition) is 2. The number of nitrogens with zero attached hydrogens (tertiary/aromatic N) is 1. The van der Waals surface area contributed by atoms with Crippen LogP contribution in [-0.4, -0.2) is 62.8 Å².